The number of carbonyl (C=O) groups is 1. The Balaban J connectivity index is 2.25. The number of phenols is 1. The monoisotopic (exact) mass is 335 g/mol. The fourth-order valence-electron chi connectivity index (χ4n) is 1.77. The summed E-state index contributed by atoms with van der Waals surface area (Å²) in [6.45, 7) is 1.86. The van der Waals surface area contributed by atoms with Crippen molar-refractivity contribution in [2.24, 2.45) is 0 Å². The number of halogens is 1. The standard InChI is InChI=1S/C15H14BrNO3/c1-9-3-6-13(18)11(7-9)15(19)17-10-4-5-12(16)14(8-10)20-2/h3-8,18H,1-2H3,(H,17,19). The molecule has 0 aliphatic carbocycles. The summed E-state index contributed by atoms with van der Waals surface area (Å²) in [4.78, 5) is 12.1. The van der Waals surface area contributed by atoms with Gasteiger partial charge in [0.05, 0.1) is 17.1 Å². The molecule has 0 saturated carbocycles. The van der Waals surface area contributed by atoms with Crippen LogP contribution in [0.2, 0.25) is 0 Å². The summed E-state index contributed by atoms with van der Waals surface area (Å²) in [6, 6.07) is 10.1. The lowest BCUT2D eigenvalue weighted by Crippen LogP contribution is -2.12. The van der Waals surface area contributed by atoms with Gasteiger partial charge in [0.25, 0.3) is 5.91 Å². The fourth-order valence-corrected chi connectivity index (χ4v) is 2.18. The predicted molar refractivity (Wildman–Crippen MR) is 81.5 cm³/mol. The van der Waals surface area contributed by atoms with E-state index in [2.05, 4.69) is 21.2 Å². The van der Waals surface area contributed by atoms with Crippen LogP contribution in [-0.2, 0) is 0 Å². The van der Waals surface area contributed by atoms with Crippen LogP contribution in [0.1, 0.15) is 15.9 Å². The third-order valence-corrected chi connectivity index (χ3v) is 3.46. The lowest BCUT2D eigenvalue weighted by molar-refractivity contribution is 0.102. The molecule has 0 aliphatic rings. The van der Waals surface area contributed by atoms with Crippen molar-refractivity contribution in [1.29, 1.82) is 0 Å². The van der Waals surface area contributed by atoms with Gasteiger partial charge in [0.1, 0.15) is 11.5 Å². The number of carbonyl (C=O) groups excluding carboxylic acids is 1. The number of rotatable bonds is 3. The molecule has 2 rings (SSSR count). The van der Waals surface area contributed by atoms with Gasteiger partial charge in [-0.25, -0.2) is 0 Å². The Morgan fingerprint density at radius 1 is 1.25 bits per heavy atom. The van der Waals surface area contributed by atoms with Crippen LogP contribution < -0.4 is 10.1 Å². The molecule has 2 aromatic carbocycles. The number of anilines is 1. The Morgan fingerprint density at radius 2 is 2.00 bits per heavy atom. The molecule has 0 heterocycles. The molecule has 0 aliphatic heterocycles. The van der Waals surface area contributed by atoms with E-state index in [1.165, 1.54) is 6.07 Å². The van der Waals surface area contributed by atoms with Crippen LogP contribution in [0, 0.1) is 6.92 Å². The van der Waals surface area contributed by atoms with Crippen molar-refractivity contribution in [3.63, 3.8) is 0 Å². The van der Waals surface area contributed by atoms with E-state index in [0.717, 1.165) is 10.0 Å². The smallest absolute Gasteiger partial charge is 0.259 e. The summed E-state index contributed by atoms with van der Waals surface area (Å²) in [5.41, 5.74) is 1.74. The summed E-state index contributed by atoms with van der Waals surface area (Å²) in [7, 11) is 1.55. The van der Waals surface area contributed by atoms with Gasteiger partial charge >= 0.3 is 0 Å². The number of hydrogen-bond acceptors (Lipinski definition) is 3. The zero-order valence-corrected chi connectivity index (χ0v) is 12.7. The van der Waals surface area contributed by atoms with Crippen molar-refractivity contribution in [3.8, 4) is 11.5 Å². The van der Waals surface area contributed by atoms with Crippen LogP contribution >= 0.6 is 15.9 Å². The first-order chi connectivity index (χ1) is 9.51. The summed E-state index contributed by atoms with van der Waals surface area (Å²) in [5, 5.41) is 12.5. The average Bonchev–Trinajstić information content (AvgIpc) is 2.43. The van der Waals surface area contributed by atoms with Crippen molar-refractivity contribution < 1.29 is 14.6 Å². The molecule has 2 aromatic rings. The molecule has 1 amide bonds. The molecular weight excluding hydrogens is 322 g/mol. The Hall–Kier alpha value is -2.01. The van der Waals surface area contributed by atoms with Gasteiger partial charge in [-0.3, -0.25) is 4.79 Å². The maximum Gasteiger partial charge on any atom is 0.259 e. The van der Waals surface area contributed by atoms with Gasteiger partial charge < -0.3 is 15.2 Å². The molecule has 0 unspecified atom stereocenters. The topological polar surface area (TPSA) is 58.6 Å². The number of methoxy groups -OCH3 is 1. The van der Waals surface area contributed by atoms with Crippen LogP contribution in [0.5, 0.6) is 11.5 Å². The number of nitrogens with one attached hydrogen (secondary N) is 1. The molecule has 5 heteroatoms. The van der Waals surface area contributed by atoms with Crippen LogP contribution in [0.3, 0.4) is 0 Å². The third kappa shape index (κ3) is 3.11. The number of ether oxygens (including phenoxy) is 1. The summed E-state index contributed by atoms with van der Waals surface area (Å²) in [5.74, 6) is 0.212. The Kier molecular flexibility index (Phi) is 4.29. The molecule has 0 fully saturated rings. The maximum atomic E-state index is 12.1. The second-order valence-corrected chi connectivity index (χ2v) is 5.18. The third-order valence-electron chi connectivity index (χ3n) is 2.81. The van der Waals surface area contributed by atoms with Gasteiger partial charge in [0, 0.05) is 11.8 Å². The number of aryl methyl sites for hydroxylation is 1. The van der Waals surface area contributed by atoms with E-state index < -0.39 is 0 Å². The first-order valence-electron chi connectivity index (χ1n) is 5.96. The van der Waals surface area contributed by atoms with Gasteiger partial charge in [-0.1, -0.05) is 11.6 Å². The zero-order chi connectivity index (χ0) is 14.7. The molecule has 0 spiro atoms. The van der Waals surface area contributed by atoms with Crippen molar-refractivity contribution >= 4 is 27.5 Å². The van der Waals surface area contributed by atoms with Crippen LogP contribution in [-0.4, -0.2) is 18.1 Å². The fraction of sp³-hybridized carbons (Fsp3) is 0.133. The predicted octanol–water partition coefficient (Wildman–Crippen LogP) is 3.72. The quantitative estimate of drug-likeness (QED) is 0.898. The minimum atomic E-state index is -0.365. The number of amides is 1. The average molecular weight is 336 g/mol. The maximum absolute atomic E-state index is 12.1. The molecular formula is C15H14BrNO3. The first-order valence-corrected chi connectivity index (χ1v) is 6.75. The minimum Gasteiger partial charge on any atom is -0.507 e. The molecule has 4 nitrogen and oxygen atoms in total. The normalized spacial score (nSPS) is 10.2. The summed E-state index contributed by atoms with van der Waals surface area (Å²) < 4.78 is 5.97. The highest BCUT2D eigenvalue weighted by Crippen LogP contribution is 2.28. The summed E-state index contributed by atoms with van der Waals surface area (Å²) >= 11 is 3.35. The van der Waals surface area contributed by atoms with Gasteiger partial charge in [-0.15, -0.1) is 0 Å². The molecule has 20 heavy (non-hydrogen) atoms. The van der Waals surface area contributed by atoms with Gasteiger partial charge in [0.2, 0.25) is 0 Å². The highest BCUT2D eigenvalue weighted by molar-refractivity contribution is 9.10. The summed E-state index contributed by atoms with van der Waals surface area (Å²) in [6.07, 6.45) is 0. The van der Waals surface area contributed by atoms with E-state index in [1.807, 2.05) is 6.92 Å². The number of phenolic OH excluding ortho intramolecular Hbond substituents is 1. The van der Waals surface area contributed by atoms with Crippen molar-refractivity contribution in [2.45, 2.75) is 6.92 Å². The molecule has 0 radical (unpaired) electrons. The van der Waals surface area contributed by atoms with E-state index in [9.17, 15) is 9.90 Å². The van der Waals surface area contributed by atoms with Crippen molar-refractivity contribution in [1.82, 2.24) is 0 Å². The second-order valence-electron chi connectivity index (χ2n) is 4.32. The largest absolute Gasteiger partial charge is 0.507 e. The Bertz CT molecular complexity index is 656. The van der Waals surface area contributed by atoms with Crippen molar-refractivity contribution in [3.05, 3.63) is 52.0 Å². The highest BCUT2D eigenvalue weighted by Gasteiger charge is 2.12. The van der Waals surface area contributed by atoms with Crippen molar-refractivity contribution in [2.75, 3.05) is 12.4 Å². The molecule has 2 N–H and O–H groups in total. The van der Waals surface area contributed by atoms with Crippen LogP contribution in [0.4, 0.5) is 5.69 Å². The highest BCUT2D eigenvalue weighted by atomic mass is 79.9. The van der Waals surface area contributed by atoms with E-state index in [0.29, 0.717) is 11.4 Å². The number of aromatic hydroxyl groups is 1. The molecule has 104 valence electrons. The molecule has 0 bridgehead atoms. The lowest BCUT2D eigenvalue weighted by Gasteiger charge is -2.10. The first kappa shape index (κ1) is 14.4. The second kappa shape index (κ2) is 5.96. The lowest BCUT2D eigenvalue weighted by atomic mass is 10.1. The number of hydrogen-bond donors (Lipinski definition) is 2. The zero-order valence-electron chi connectivity index (χ0n) is 11.1. The Labute approximate surface area is 125 Å². The Morgan fingerprint density at radius 3 is 2.70 bits per heavy atom. The SMILES string of the molecule is COc1cc(NC(=O)c2cc(C)ccc2O)ccc1Br. The molecule has 0 atom stereocenters. The van der Waals surface area contributed by atoms with Gasteiger partial charge in [0.15, 0.2) is 0 Å². The molecule has 0 saturated heterocycles. The number of benzene rings is 2. The van der Waals surface area contributed by atoms with Gasteiger partial charge in [-0.05, 0) is 47.1 Å². The van der Waals surface area contributed by atoms with Crippen LogP contribution in [0.15, 0.2) is 40.9 Å². The minimum absolute atomic E-state index is 0.0443. The van der Waals surface area contributed by atoms with Crippen LogP contribution in [0.25, 0.3) is 0 Å². The van der Waals surface area contributed by atoms with Gasteiger partial charge in [-0.2, -0.15) is 0 Å². The van der Waals surface area contributed by atoms with E-state index in [-0.39, 0.29) is 17.2 Å². The van der Waals surface area contributed by atoms with E-state index >= 15 is 0 Å². The molecule has 0 aromatic heterocycles. The van der Waals surface area contributed by atoms with E-state index in [4.69, 9.17) is 4.74 Å². The van der Waals surface area contributed by atoms with E-state index in [1.54, 1.807) is 37.4 Å².